The van der Waals surface area contributed by atoms with Crippen molar-refractivity contribution >= 4 is 33.5 Å². The lowest BCUT2D eigenvalue weighted by Crippen LogP contribution is -2.04. The predicted octanol–water partition coefficient (Wildman–Crippen LogP) is 5.13. The fourth-order valence-electron chi connectivity index (χ4n) is 2.39. The average Bonchev–Trinajstić information content (AvgIpc) is 3.40. The molecule has 0 aliphatic heterocycles. The van der Waals surface area contributed by atoms with Gasteiger partial charge in [-0.25, -0.2) is 4.98 Å². The Morgan fingerprint density at radius 2 is 1.59 bits per heavy atom. The summed E-state index contributed by atoms with van der Waals surface area (Å²) in [6, 6.07) is 14.3. The number of ketones is 1. The van der Waals surface area contributed by atoms with Crippen molar-refractivity contribution in [1.82, 2.24) is 15.2 Å². The van der Waals surface area contributed by atoms with Crippen molar-refractivity contribution in [3.05, 3.63) is 71.1 Å². The first-order valence-corrected chi connectivity index (χ1v) is 9.72. The highest BCUT2D eigenvalue weighted by atomic mass is 79.9. The first-order valence-electron chi connectivity index (χ1n) is 7.95. The summed E-state index contributed by atoms with van der Waals surface area (Å²) < 4.78 is 11.8. The summed E-state index contributed by atoms with van der Waals surface area (Å²) in [6.45, 7) is 0. The first kappa shape index (κ1) is 17.7. The highest BCUT2D eigenvalue weighted by Crippen LogP contribution is 2.30. The molecule has 0 atom stereocenters. The maximum Gasteiger partial charge on any atom is 0.210 e. The number of carbonyl (C=O) groups is 1. The highest BCUT2D eigenvalue weighted by molar-refractivity contribution is 9.10. The number of nitrogens with zero attached hydrogens (tertiary/aromatic N) is 3. The molecule has 134 valence electrons. The molecule has 0 aliphatic rings. The molecule has 0 saturated heterocycles. The lowest BCUT2D eigenvalue weighted by atomic mass is 10.2. The number of thioether (sulfide) groups is 1. The molecule has 0 aliphatic carbocycles. The van der Waals surface area contributed by atoms with Crippen molar-refractivity contribution in [2.45, 2.75) is 5.16 Å². The van der Waals surface area contributed by atoms with Crippen LogP contribution < -0.4 is 0 Å². The van der Waals surface area contributed by atoms with Crippen LogP contribution in [-0.4, -0.2) is 26.7 Å². The van der Waals surface area contributed by atoms with E-state index in [9.17, 15) is 4.79 Å². The molecule has 0 bridgehead atoms. The Balaban J connectivity index is 1.58. The van der Waals surface area contributed by atoms with Crippen molar-refractivity contribution in [1.29, 1.82) is 0 Å². The topological polar surface area (TPSA) is 82.0 Å². The molecule has 0 radical (unpaired) electrons. The van der Waals surface area contributed by atoms with Crippen molar-refractivity contribution < 1.29 is 13.6 Å². The normalized spacial score (nSPS) is 10.9. The van der Waals surface area contributed by atoms with Gasteiger partial charge in [0.2, 0.25) is 5.16 Å². The van der Waals surface area contributed by atoms with Gasteiger partial charge in [-0.1, -0.05) is 39.8 Å². The SMILES string of the molecule is O=C(CSc1nnc(-c2ccco2)c(-c2ccco2)n1)c1ccc(Br)cc1. The molecule has 0 saturated carbocycles. The largest absolute Gasteiger partial charge is 0.463 e. The van der Waals surface area contributed by atoms with Crippen LogP contribution in [0.25, 0.3) is 22.9 Å². The van der Waals surface area contributed by atoms with E-state index in [0.29, 0.717) is 33.6 Å². The van der Waals surface area contributed by atoms with Crippen LogP contribution in [0, 0.1) is 0 Å². The summed E-state index contributed by atoms with van der Waals surface area (Å²) in [4.78, 5) is 16.9. The van der Waals surface area contributed by atoms with Gasteiger partial charge in [-0.15, -0.1) is 10.2 Å². The minimum absolute atomic E-state index is 0.00856. The molecule has 4 rings (SSSR count). The number of hydrogen-bond acceptors (Lipinski definition) is 7. The number of hydrogen-bond donors (Lipinski definition) is 0. The second kappa shape index (κ2) is 7.89. The van der Waals surface area contributed by atoms with Crippen LogP contribution in [0.5, 0.6) is 0 Å². The monoisotopic (exact) mass is 441 g/mol. The number of rotatable bonds is 6. The molecule has 8 heteroatoms. The molecule has 0 fully saturated rings. The lowest BCUT2D eigenvalue weighted by molar-refractivity contribution is 0.102. The number of aromatic nitrogens is 3. The van der Waals surface area contributed by atoms with Gasteiger partial charge in [0.1, 0.15) is 5.69 Å². The molecule has 27 heavy (non-hydrogen) atoms. The zero-order chi connectivity index (χ0) is 18.6. The molecule has 3 aromatic heterocycles. The Bertz CT molecular complexity index is 1050. The zero-order valence-electron chi connectivity index (χ0n) is 13.8. The van der Waals surface area contributed by atoms with Crippen LogP contribution in [0.2, 0.25) is 0 Å². The van der Waals surface area contributed by atoms with Gasteiger partial charge in [-0.05, 0) is 36.4 Å². The maximum absolute atomic E-state index is 12.4. The van der Waals surface area contributed by atoms with E-state index in [-0.39, 0.29) is 11.5 Å². The molecule has 1 aromatic carbocycles. The first-order chi connectivity index (χ1) is 13.2. The van der Waals surface area contributed by atoms with Gasteiger partial charge in [0.25, 0.3) is 0 Å². The third kappa shape index (κ3) is 4.01. The van der Waals surface area contributed by atoms with E-state index in [4.69, 9.17) is 8.83 Å². The second-order valence-electron chi connectivity index (χ2n) is 5.46. The van der Waals surface area contributed by atoms with Crippen LogP contribution in [-0.2, 0) is 0 Å². The Hall–Kier alpha value is -2.71. The van der Waals surface area contributed by atoms with Gasteiger partial charge in [-0.2, -0.15) is 0 Å². The molecule has 3 heterocycles. The number of furan rings is 2. The quantitative estimate of drug-likeness (QED) is 0.303. The minimum Gasteiger partial charge on any atom is -0.463 e. The Morgan fingerprint density at radius 3 is 2.22 bits per heavy atom. The molecule has 4 aromatic rings. The highest BCUT2D eigenvalue weighted by Gasteiger charge is 2.18. The standard InChI is InChI=1S/C19H12BrN3O3S/c20-13-7-5-12(6-8-13)14(24)11-27-19-21-17(15-3-1-9-25-15)18(22-23-19)16-4-2-10-26-16/h1-10H,11H2. The van der Waals surface area contributed by atoms with E-state index in [1.54, 1.807) is 48.9 Å². The predicted molar refractivity (Wildman–Crippen MR) is 104 cm³/mol. The summed E-state index contributed by atoms with van der Waals surface area (Å²) in [6.07, 6.45) is 3.12. The number of benzene rings is 1. The molecular formula is C19H12BrN3O3S. The fourth-order valence-corrected chi connectivity index (χ4v) is 3.33. The summed E-state index contributed by atoms with van der Waals surface area (Å²) >= 11 is 4.59. The van der Waals surface area contributed by atoms with E-state index in [1.807, 2.05) is 12.1 Å². The lowest BCUT2D eigenvalue weighted by Gasteiger charge is -2.05. The number of halogens is 1. The second-order valence-corrected chi connectivity index (χ2v) is 7.32. The zero-order valence-corrected chi connectivity index (χ0v) is 16.2. The van der Waals surface area contributed by atoms with Crippen LogP contribution >= 0.6 is 27.7 Å². The molecule has 0 N–H and O–H groups in total. The van der Waals surface area contributed by atoms with Crippen LogP contribution in [0.4, 0.5) is 0 Å². The van der Waals surface area contributed by atoms with Gasteiger partial charge in [0.05, 0.1) is 18.3 Å². The van der Waals surface area contributed by atoms with E-state index in [0.717, 1.165) is 4.47 Å². The fraction of sp³-hybridized carbons (Fsp3) is 0.0526. The Morgan fingerprint density at radius 1 is 0.926 bits per heavy atom. The van der Waals surface area contributed by atoms with Gasteiger partial charge < -0.3 is 8.83 Å². The van der Waals surface area contributed by atoms with Gasteiger partial charge >= 0.3 is 0 Å². The Kier molecular flexibility index (Phi) is 5.17. The third-order valence-corrected chi connectivity index (χ3v) is 5.04. The van der Waals surface area contributed by atoms with Crippen LogP contribution in [0.1, 0.15) is 10.4 Å². The van der Waals surface area contributed by atoms with Crippen molar-refractivity contribution in [3.63, 3.8) is 0 Å². The summed E-state index contributed by atoms with van der Waals surface area (Å²) in [5.74, 6) is 1.30. The van der Waals surface area contributed by atoms with Crippen LogP contribution in [0.3, 0.4) is 0 Å². The van der Waals surface area contributed by atoms with Crippen molar-refractivity contribution in [2.24, 2.45) is 0 Å². The van der Waals surface area contributed by atoms with Gasteiger partial charge in [-0.3, -0.25) is 4.79 Å². The number of carbonyl (C=O) groups excluding carboxylic acids is 1. The van der Waals surface area contributed by atoms with Crippen LogP contribution in [0.15, 0.2) is 79.5 Å². The van der Waals surface area contributed by atoms with E-state index in [2.05, 4.69) is 31.1 Å². The maximum atomic E-state index is 12.4. The van der Waals surface area contributed by atoms with Crippen molar-refractivity contribution in [3.8, 4) is 22.9 Å². The van der Waals surface area contributed by atoms with Crippen molar-refractivity contribution in [2.75, 3.05) is 5.75 Å². The third-order valence-electron chi connectivity index (χ3n) is 3.67. The molecule has 0 spiro atoms. The average molecular weight is 442 g/mol. The summed E-state index contributed by atoms with van der Waals surface area (Å²) in [7, 11) is 0. The Labute approximate surface area is 167 Å². The molecule has 0 unspecified atom stereocenters. The summed E-state index contributed by atoms with van der Waals surface area (Å²) in [5, 5.41) is 8.75. The van der Waals surface area contributed by atoms with E-state index >= 15 is 0 Å². The number of Topliss-reactive ketones (excluding diaryl/α,β-unsaturated/α-hetero) is 1. The molecule has 0 amide bonds. The van der Waals surface area contributed by atoms with Gasteiger partial charge in [0.15, 0.2) is 23.0 Å². The molecule has 6 nitrogen and oxygen atoms in total. The summed E-state index contributed by atoms with van der Waals surface area (Å²) in [5.41, 5.74) is 1.64. The van der Waals surface area contributed by atoms with Gasteiger partial charge in [0, 0.05) is 10.0 Å². The minimum atomic E-state index is -0.00856. The van der Waals surface area contributed by atoms with E-state index in [1.165, 1.54) is 11.8 Å². The van der Waals surface area contributed by atoms with E-state index < -0.39 is 0 Å². The molecular weight excluding hydrogens is 430 g/mol. The smallest absolute Gasteiger partial charge is 0.210 e.